The molecule has 0 radical (unpaired) electrons. The SMILES string of the molecule is CC(=O)[C@H](C)O.COc1ccc(CO[C@@H](C)C(C)=O)cc1. The van der Waals surface area contributed by atoms with E-state index in [4.69, 9.17) is 14.6 Å². The summed E-state index contributed by atoms with van der Waals surface area (Å²) in [7, 11) is 1.63. The first kappa shape index (κ1) is 19.3. The highest BCUT2D eigenvalue weighted by molar-refractivity contribution is 5.80. The quantitative estimate of drug-likeness (QED) is 0.870. The Morgan fingerprint density at radius 2 is 1.57 bits per heavy atom. The summed E-state index contributed by atoms with van der Waals surface area (Å²) in [5.41, 5.74) is 1.03. The number of hydrogen-bond donors (Lipinski definition) is 1. The number of aliphatic hydroxyl groups is 1. The Kier molecular flexibility index (Phi) is 9.25. The van der Waals surface area contributed by atoms with Crippen molar-refractivity contribution >= 4 is 11.6 Å². The summed E-state index contributed by atoms with van der Waals surface area (Å²) in [5, 5.41) is 8.28. The van der Waals surface area contributed by atoms with Gasteiger partial charge in [-0.15, -0.1) is 0 Å². The van der Waals surface area contributed by atoms with Gasteiger partial charge in [0.1, 0.15) is 18.0 Å². The zero-order valence-corrected chi connectivity index (χ0v) is 13.3. The van der Waals surface area contributed by atoms with E-state index in [1.54, 1.807) is 14.0 Å². The predicted octanol–water partition coefficient (Wildman–Crippen LogP) is 2.15. The number of ketones is 2. The zero-order valence-electron chi connectivity index (χ0n) is 13.3. The molecule has 0 amide bonds. The molecule has 5 heteroatoms. The molecule has 21 heavy (non-hydrogen) atoms. The summed E-state index contributed by atoms with van der Waals surface area (Å²) in [5.74, 6) is 0.678. The van der Waals surface area contributed by atoms with E-state index >= 15 is 0 Å². The van der Waals surface area contributed by atoms with Crippen molar-refractivity contribution in [2.24, 2.45) is 0 Å². The Morgan fingerprint density at radius 3 is 1.90 bits per heavy atom. The molecule has 1 rings (SSSR count). The molecule has 1 N–H and O–H groups in total. The maximum Gasteiger partial charge on any atom is 0.158 e. The minimum absolute atomic E-state index is 0.0449. The number of Topliss-reactive ketones (excluding diaryl/α,β-unsaturated/α-hetero) is 2. The van der Waals surface area contributed by atoms with Crippen molar-refractivity contribution < 1.29 is 24.2 Å². The third kappa shape index (κ3) is 8.94. The molecule has 0 heterocycles. The second-order valence-corrected chi connectivity index (χ2v) is 4.70. The van der Waals surface area contributed by atoms with Gasteiger partial charge in [0, 0.05) is 0 Å². The van der Waals surface area contributed by atoms with Gasteiger partial charge in [0.05, 0.1) is 13.7 Å². The highest BCUT2D eigenvalue weighted by Gasteiger charge is 2.07. The lowest BCUT2D eigenvalue weighted by molar-refractivity contribution is -0.128. The first-order valence-corrected chi connectivity index (χ1v) is 6.71. The van der Waals surface area contributed by atoms with E-state index < -0.39 is 6.10 Å². The smallest absolute Gasteiger partial charge is 0.158 e. The van der Waals surface area contributed by atoms with Crippen LogP contribution in [0, 0.1) is 0 Å². The van der Waals surface area contributed by atoms with Gasteiger partial charge in [-0.25, -0.2) is 0 Å². The number of ether oxygens (including phenoxy) is 2. The molecule has 0 unspecified atom stereocenters. The lowest BCUT2D eigenvalue weighted by Gasteiger charge is -2.09. The third-order valence-electron chi connectivity index (χ3n) is 2.82. The fraction of sp³-hybridized carbons (Fsp3) is 0.500. The van der Waals surface area contributed by atoms with Crippen molar-refractivity contribution in [3.63, 3.8) is 0 Å². The van der Waals surface area contributed by atoms with Crippen LogP contribution in [0.5, 0.6) is 5.75 Å². The largest absolute Gasteiger partial charge is 0.497 e. The van der Waals surface area contributed by atoms with Crippen LogP contribution in [0.1, 0.15) is 33.3 Å². The molecule has 0 aliphatic rings. The molecule has 1 aromatic rings. The zero-order chi connectivity index (χ0) is 16.4. The molecule has 0 fully saturated rings. The minimum atomic E-state index is -0.787. The van der Waals surface area contributed by atoms with Crippen LogP contribution < -0.4 is 4.74 Å². The normalized spacial score (nSPS) is 12.7. The van der Waals surface area contributed by atoms with Crippen molar-refractivity contribution in [2.75, 3.05) is 7.11 Å². The average molecular weight is 296 g/mol. The minimum Gasteiger partial charge on any atom is -0.497 e. The van der Waals surface area contributed by atoms with E-state index in [-0.39, 0.29) is 17.7 Å². The lowest BCUT2D eigenvalue weighted by Crippen LogP contribution is -2.17. The molecule has 0 aliphatic carbocycles. The Labute approximate surface area is 125 Å². The molecule has 0 saturated carbocycles. The van der Waals surface area contributed by atoms with E-state index in [2.05, 4.69) is 0 Å². The monoisotopic (exact) mass is 296 g/mol. The van der Waals surface area contributed by atoms with Gasteiger partial charge in [-0.05, 0) is 45.4 Å². The van der Waals surface area contributed by atoms with Crippen molar-refractivity contribution in [1.29, 1.82) is 0 Å². The van der Waals surface area contributed by atoms with Crippen molar-refractivity contribution in [3.05, 3.63) is 29.8 Å². The molecule has 0 saturated heterocycles. The summed E-state index contributed by atoms with van der Waals surface area (Å²) in [6, 6.07) is 7.59. The van der Waals surface area contributed by atoms with Gasteiger partial charge in [-0.1, -0.05) is 12.1 Å². The first-order valence-electron chi connectivity index (χ1n) is 6.71. The van der Waals surface area contributed by atoms with Crippen LogP contribution in [0.25, 0.3) is 0 Å². The second-order valence-electron chi connectivity index (χ2n) is 4.70. The number of carbonyl (C=O) groups excluding carboxylic acids is 2. The number of rotatable bonds is 6. The molecule has 0 bridgehead atoms. The Bertz CT molecular complexity index is 436. The van der Waals surface area contributed by atoms with Crippen LogP contribution in [0.3, 0.4) is 0 Å². The molecule has 118 valence electrons. The Morgan fingerprint density at radius 1 is 1.10 bits per heavy atom. The molecule has 1 aromatic carbocycles. The number of benzene rings is 1. The fourth-order valence-electron chi connectivity index (χ4n) is 1.06. The number of carbonyl (C=O) groups is 2. The summed E-state index contributed by atoms with van der Waals surface area (Å²) >= 11 is 0. The van der Waals surface area contributed by atoms with Gasteiger partial charge in [0.15, 0.2) is 11.6 Å². The number of methoxy groups -OCH3 is 1. The summed E-state index contributed by atoms with van der Waals surface area (Å²) in [6.45, 7) is 6.53. The molecule has 5 nitrogen and oxygen atoms in total. The molecular formula is C16H24O5. The maximum atomic E-state index is 10.9. The van der Waals surface area contributed by atoms with Crippen LogP contribution in [-0.2, 0) is 20.9 Å². The number of hydrogen-bond acceptors (Lipinski definition) is 5. The van der Waals surface area contributed by atoms with Gasteiger partial charge in [-0.3, -0.25) is 9.59 Å². The molecular weight excluding hydrogens is 272 g/mol. The van der Waals surface area contributed by atoms with Gasteiger partial charge < -0.3 is 14.6 Å². The van der Waals surface area contributed by atoms with Crippen LogP contribution in [0.4, 0.5) is 0 Å². The van der Waals surface area contributed by atoms with Crippen LogP contribution in [0.2, 0.25) is 0 Å². The summed E-state index contributed by atoms with van der Waals surface area (Å²) in [6.07, 6.45) is -1.13. The van der Waals surface area contributed by atoms with Gasteiger partial charge in [0.2, 0.25) is 0 Å². The van der Waals surface area contributed by atoms with E-state index in [0.29, 0.717) is 6.61 Å². The Hall–Kier alpha value is -1.72. The van der Waals surface area contributed by atoms with E-state index in [9.17, 15) is 9.59 Å². The van der Waals surface area contributed by atoms with Gasteiger partial charge in [-0.2, -0.15) is 0 Å². The molecule has 0 aromatic heterocycles. The van der Waals surface area contributed by atoms with Crippen LogP contribution in [-0.4, -0.2) is 36.0 Å². The maximum absolute atomic E-state index is 10.9. The highest BCUT2D eigenvalue weighted by Crippen LogP contribution is 2.12. The van der Waals surface area contributed by atoms with Crippen molar-refractivity contribution in [1.82, 2.24) is 0 Å². The topological polar surface area (TPSA) is 72.8 Å². The summed E-state index contributed by atoms with van der Waals surface area (Å²) in [4.78, 5) is 20.8. The number of aliphatic hydroxyl groups excluding tert-OH is 1. The van der Waals surface area contributed by atoms with Crippen molar-refractivity contribution in [3.8, 4) is 5.75 Å². The molecule has 0 spiro atoms. The van der Waals surface area contributed by atoms with E-state index in [1.165, 1.54) is 20.8 Å². The van der Waals surface area contributed by atoms with Crippen molar-refractivity contribution in [2.45, 2.75) is 46.5 Å². The van der Waals surface area contributed by atoms with Gasteiger partial charge >= 0.3 is 0 Å². The van der Waals surface area contributed by atoms with E-state index in [0.717, 1.165) is 11.3 Å². The third-order valence-corrected chi connectivity index (χ3v) is 2.82. The first-order chi connectivity index (χ1) is 9.77. The highest BCUT2D eigenvalue weighted by atomic mass is 16.5. The standard InChI is InChI=1S/C12H16O3.C4H8O2/c1-9(13)10(2)15-8-11-4-6-12(14-3)7-5-11;1-3(5)4(2)6/h4-7,10H,8H2,1-3H3;3,5H,1-2H3/t10-;3-/m00/s1. The molecule has 2 atom stereocenters. The fourth-order valence-corrected chi connectivity index (χ4v) is 1.06. The van der Waals surface area contributed by atoms with Gasteiger partial charge in [0.25, 0.3) is 0 Å². The van der Waals surface area contributed by atoms with Crippen LogP contribution in [0.15, 0.2) is 24.3 Å². The van der Waals surface area contributed by atoms with E-state index in [1.807, 2.05) is 24.3 Å². The second kappa shape index (κ2) is 10.1. The molecule has 0 aliphatic heterocycles. The average Bonchev–Trinajstić information content (AvgIpc) is 2.45. The summed E-state index contributed by atoms with van der Waals surface area (Å²) < 4.78 is 10.4. The predicted molar refractivity (Wildman–Crippen MR) is 80.3 cm³/mol. The van der Waals surface area contributed by atoms with Crippen LogP contribution >= 0.6 is 0 Å². The Balaban J connectivity index is 0.000000567. The lowest BCUT2D eigenvalue weighted by atomic mass is 10.2.